The van der Waals surface area contributed by atoms with Gasteiger partial charge in [-0.25, -0.2) is 4.68 Å². The number of carbonyl (C=O) groups is 2. The summed E-state index contributed by atoms with van der Waals surface area (Å²) in [5, 5.41) is 21.0. The number of piperidine rings is 1. The van der Waals surface area contributed by atoms with Gasteiger partial charge in [0.1, 0.15) is 11.9 Å². The van der Waals surface area contributed by atoms with E-state index in [-0.39, 0.29) is 29.6 Å². The van der Waals surface area contributed by atoms with E-state index < -0.39 is 6.04 Å². The van der Waals surface area contributed by atoms with Crippen molar-refractivity contribution < 1.29 is 9.59 Å². The molecule has 0 radical (unpaired) electrons. The Labute approximate surface area is 217 Å². The van der Waals surface area contributed by atoms with Crippen molar-refractivity contribution in [3.05, 3.63) is 82.7 Å². The summed E-state index contributed by atoms with van der Waals surface area (Å²) in [6.45, 7) is 6.77. The zero-order valence-corrected chi connectivity index (χ0v) is 21.5. The number of nitrogens with one attached hydrogen (secondary N) is 4. The van der Waals surface area contributed by atoms with Gasteiger partial charge in [0.05, 0.1) is 17.4 Å². The summed E-state index contributed by atoms with van der Waals surface area (Å²) in [6, 6.07) is 16.5. The van der Waals surface area contributed by atoms with E-state index in [0.717, 1.165) is 35.6 Å². The average molecular weight is 502 g/mol. The van der Waals surface area contributed by atoms with Gasteiger partial charge in [-0.3, -0.25) is 15.0 Å². The fraction of sp³-hybridized carbons (Fsp3) is 0.357. The summed E-state index contributed by atoms with van der Waals surface area (Å²) >= 11 is 0. The second-order valence-corrected chi connectivity index (χ2v) is 9.72. The number of aromatic nitrogens is 2. The molecule has 1 fully saturated rings. The number of amides is 2. The van der Waals surface area contributed by atoms with Crippen molar-refractivity contribution in [1.29, 1.82) is 5.41 Å². The quantitative estimate of drug-likeness (QED) is 0.238. The van der Waals surface area contributed by atoms with E-state index >= 15 is 0 Å². The molecule has 9 heteroatoms. The van der Waals surface area contributed by atoms with Gasteiger partial charge in [-0.2, -0.15) is 5.10 Å². The third kappa shape index (κ3) is 6.42. The molecule has 3 atom stereocenters. The van der Waals surface area contributed by atoms with Crippen molar-refractivity contribution in [1.82, 2.24) is 25.7 Å². The Hall–Kier alpha value is -3.98. The number of nitrogens with zero attached hydrogens (tertiary/aromatic N) is 2. The van der Waals surface area contributed by atoms with Crippen LogP contribution in [0.3, 0.4) is 0 Å². The molecule has 4 rings (SSSR count). The highest BCUT2D eigenvalue weighted by molar-refractivity contribution is 5.95. The van der Waals surface area contributed by atoms with Gasteiger partial charge in [-0.1, -0.05) is 36.4 Å². The number of rotatable bonds is 8. The Morgan fingerprint density at radius 1 is 1.16 bits per heavy atom. The van der Waals surface area contributed by atoms with Crippen LogP contribution >= 0.6 is 0 Å². The van der Waals surface area contributed by atoms with Gasteiger partial charge in [0.15, 0.2) is 0 Å². The van der Waals surface area contributed by atoms with Crippen molar-refractivity contribution >= 4 is 17.6 Å². The van der Waals surface area contributed by atoms with E-state index in [1.165, 1.54) is 5.56 Å². The van der Waals surface area contributed by atoms with Gasteiger partial charge in [-0.05, 0) is 75.4 Å². The molecule has 194 valence electrons. The largest absolute Gasteiger partial charge is 0.384 e. The van der Waals surface area contributed by atoms with Crippen molar-refractivity contribution in [2.45, 2.75) is 58.2 Å². The first-order valence-electron chi connectivity index (χ1n) is 12.6. The Morgan fingerprint density at radius 2 is 1.86 bits per heavy atom. The molecule has 2 amide bonds. The number of benzene rings is 2. The van der Waals surface area contributed by atoms with Gasteiger partial charge in [0, 0.05) is 17.8 Å². The third-order valence-electron chi connectivity index (χ3n) is 6.82. The lowest BCUT2D eigenvalue weighted by Gasteiger charge is -2.30. The molecular formula is C28H35N7O2. The molecule has 0 bridgehead atoms. The second-order valence-electron chi connectivity index (χ2n) is 9.72. The topological polar surface area (TPSA) is 138 Å². The lowest BCUT2D eigenvalue weighted by atomic mass is 9.86. The van der Waals surface area contributed by atoms with E-state index in [4.69, 9.17) is 11.1 Å². The maximum absolute atomic E-state index is 12.9. The van der Waals surface area contributed by atoms with Crippen molar-refractivity contribution in [2.75, 3.05) is 6.54 Å². The zero-order chi connectivity index (χ0) is 26.5. The van der Waals surface area contributed by atoms with Crippen molar-refractivity contribution in [2.24, 2.45) is 5.73 Å². The lowest BCUT2D eigenvalue weighted by molar-refractivity contribution is -0.130. The molecule has 1 aromatic heterocycles. The molecule has 1 aliphatic rings. The van der Waals surface area contributed by atoms with E-state index in [0.29, 0.717) is 18.5 Å². The minimum Gasteiger partial charge on any atom is -0.384 e. The Bertz CT molecular complexity index is 1260. The summed E-state index contributed by atoms with van der Waals surface area (Å²) in [5.74, 6) is -0.163. The fourth-order valence-electron chi connectivity index (χ4n) is 4.72. The molecule has 0 aliphatic carbocycles. The fourth-order valence-corrected chi connectivity index (χ4v) is 4.72. The van der Waals surface area contributed by atoms with E-state index in [2.05, 4.69) is 51.4 Å². The Morgan fingerprint density at radius 3 is 2.49 bits per heavy atom. The first-order valence-corrected chi connectivity index (χ1v) is 12.6. The van der Waals surface area contributed by atoms with E-state index in [1.807, 2.05) is 30.7 Å². The van der Waals surface area contributed by atoms with Crippen LogP contribution in [-0.2, 0) is 16.1 Å². The molecule has 37 heavy (non-hydrogen) atoms. The summed E-state index contributed by atoms with van der Waals surface area (Å²) in [7, 11) is 0. The highest BCUT2D eigenvalue weighted by Crippen LogP contribution is 2.28. The second kappa shape index (κ2) is 11.4. The van der Waals surface area contributed by atoms with Gasteiger partial charge >= 0.3 is 0 Å². The number of hydrogen-bond acceptors (Lipinski definition) is 5. The normalized spacial score (nSPS) is 18.1. The average Bonchev–Trinajstić information content (AvgIpc) is 3.25. The highest BCUT2D eigenvalue weighted by atomic mass is 16.2. The lowest BCUT2D eigenvalue weighted by Crippen LogP contribution is -2.53. The van der Waals surface area contributed by atoms with Crippen LogP contribution < -0.4 is 21.7 Å². The van der Waals surface area contributed by atoms with Crippen LogP contribution in [0.25, 0.3) is 5.69 Å². The molecule has 1 aliphatic heterocycles. The van der Waals surface area contributed by atoms with E-state index in [1.54, 1.807) is 19.1 Å². The maximum Gasteiger partial charge on any atom is 0.242 e. The van der Waals surface area contributed by atoms with Crippen LogP contribution in [0.2, 0.25) is 0 Å². The minimum atomic E-state index is -0.661. The molecule has 1 saturated heterocycles. The van der Waals surface area contributed by atoms with Gasteiger partial charge in [0.2, 0.25) is 11.8 Å². The van der Waals surface area contributed by atoms with Crippen molar-refractivity contribution in [3.63, 3.8) is 0 Å². The molecular weight excluding hydrogens is 466 g/mol. The number of aryl methyl sites for hydroxylation is 2. The SMILES string of the molecule is Cc1cc(C)n(-c2ccc([C@H]3CCN[C@@H](C(=O)N[C@@H](C)C(=O)NCc4ccc(C(=N)N)cc4)C3)cc2)n1. The van der Waals surface area contributed by atoms with Crippen LogP contribution in [0, 0.1) is 19.3 Å². The minimum absolute atomic E-state index is 0.00174. The molecule has 6 N–H and O–H groups in total. The Kier molecular flexibility index (Phi) is 8.03. The van der Waals surface area contributed by atoms with Gasteiger partial charge in [-0.15, -0.1) is 0 Å². The molecule has 0 spiro atoms. The van der Waals surface area contributed by atoms with Gasteiger partial charge < -0.3 is 21.7 Å². The summed E-state index contributed by atoms with van der Waals surface area (Å²) in [6.07, 6.45) is 1.61. The predicted molar refractivity (Wildman–Crippen MR) is 144 cm³/mol. The molecule has 0 unspecified atom stereocenters. The number of nitrogen functional groups attached to an aromatic ring is 1. The van der Waals surface area contributed by atoms with Crippen LogP contribution in [0.1, 0.15) is 53.8 Å². The molecule has 0 saturated carbocycles. The number of nitrogens with two attached hydrogens (primary N) is 1. The number of hydrogen-bond donors (Lipinski definition) is 5. The monoisotopic (exact) mass is 501 g/mol. The molecule has 9 nitrogen and oxygen atoms in total. The first kappa shape index (κ1) is 26.1. The smallest absolute Gasteiger partial charge is 0.242 e. The summed E-state index contributed by atoms with van der Waals surface area (Å²) in [5.41, 5.74) is 11.3. The first-order chi connectivity index (χ1) is 17.7. The van der Waals surface area contributed by atoms with E-state index in [9.17, 15) is 9.59 Å². The summed E-state index contributed by atoms with van der Waals surface area (Å²) < 4.78 is 1.94. The maximum atomic E-state index is 12.9. The van der Waals surface area contributed by atoms with Crippen LogP contribution in [-0.4, -0.2) is 46.1 Å². The molecule has 3 aromatic rings. The molecule has 2 heterocycles. The van der Waals surface area contributed by atoms with Crippen LogP contribution in [0.15, 0.2) is 54.6 Å². The zero-order valence-electron chi connectivity index (χ0n) is 21.5. The third-order valence-corrected chi connectivity index (χ3v) is 6.82. The van der Waals surface area contributed by atoms with Gasteiger partial charge in [0.25, 0.3) is 0 Å². The number of carbonyl (C=O) groups excluding carboxylic acids is 2. The van der Waals surface area contributed by atoms with Crippen molar-refractivity contribution in [3.8, 4) is 5.69 Å². The van der Waals surface area contributed by atoms with Crippen LogP contribution in [0.5, 0.6) is 0 Å². The highest BCUT2D eigenvalue weighted by Gasteiger charge is 2.29. The summed E-state index contributed by atoms with van der Waals surface area (Å²) in [4.78, 5) is 25.5. The number of amidine groups is 1. The standard InChI is InChI=1S/C28H35N7O2/c1-17-14-18(2)35(34-17)24-10-8-21(9-11-24)23-12-13-31-25(15-23)28(37)33-19(3)27(36)32-16-20-4-6-22(7-5-20)26(29)30/h4-11,14,19,23,25,31H,12-13,15-16H2,1-3H3,(H3,29,30)(H,32,36)(H,33,37)/t19-,23-,25+/m0/s1. The Balaban J connectivity index is 1.29. The van der Waals surface area contributed by atoms with Crippen LogP contribution in [0.4, 0.5) is 0 Å². The predicted octanol–water partition coefficient (Wildman–Crippen LogP) is 2.43. The molecule has 2 aromatic carbocycles.